The van der Waals surface area contributed by atoms with Crippen LogP contribution in [0.5, 0.6) is 0 Å². The van der Waals surface area contributed by atoms with Gasteiger partial charge in [-0.15, -0.1) is 0 Å². The van der Waals surface area contributed by atoms with E-state index in [0.29, 0.717) is 5.41 Å². The van der Waals surface area contributed by atoms with Crippen molar-refractivity contribution in [3.05, 3.63) is 0 Å². The van der Waals surface area contributed by atoms with Crippen molar-refractivity contribution in [3.8, 4) is 0 Å². The molecule has 2 aliphatic carbocycles. The molecule has 2 fully saturated rings. The normalized spacial score (nSPS) is 25.3. The lowest BCUT2D eigenvalue weighted by molar-refractivity contribution is 0.0121. The minimum absolute atomic E-state index is 0.241. The first-order valence-electron chi connectivity index (χ1n) is 8.15. The fourth-order valence-corrected chi connectivity index (χ4v) is 4.20. The molecule has 112 valence electrons. The molecule has 2 saturated carbocycles. The van der Waals surface area contributed by atoms with Gasteiger partial charge in [0.2, 0.25) is 0 Å². The summed E-state index contributed by atoms with van der Waals surface area (Å²) in [5.41, 5.74) is 7.08. The smallest absolute Gasteiger partial charge is 0.0593 e. The zero-order chi connectivity index (χ0) is 13.8. The van der Waals surface area contributed by atoms with Crippen molar-refractivity contribution in [2.45, 2.75) is 63.8 Å². The van der Waals surface area contributed by atoms with Crippen molar-refractivity contribution in [3.63, 3.8) is 0 Å². The van der Waals surface area contributed by atoms with Gasteiger partial charge in [-0.25, -0.2) is 0 Å². The quantitative estimate of drug-likeness (QED) is 0.753. The Labute approximate surface area is 118 Å². The first-order chi connectivity index (χ1) is 9.16. The molecule has 0 bridgehead atoms. The summed E-state index contributed by atoms with van der Waals surface area (Å²) in [5.74, 6) is 0. The van der Waals surface area contributed by atoms with Crippen LogP contribution in [-0.2, 0) is 4.74 Å². The number of hydrogen-bond acceptors (Lipinski definition) is 3. The Kier molecular flexibility index (Phi) is 5.27. The van der Waals surface area contributed by atoms with Crippen LogP contribution in [0.25, 0.3) is 0 Å². The molecule has 19 heavy (non-hydrogen) atoms. The zero-order valence-corrected chi connectivity index (χ0v) is 12.9. The van der Waals surface area contributed by atoms with Crippen LogP contribution in [0.1, 0.15) is 58.3 Å². The monoisotopic (exact) mass is 268 g/mol. The summed E-state index contributed by atoms with van der Waals surface area (Å²) >= 11 is 0. The average molecular weight is 268 g/mol. The Balaban J connectivity index is 1.89. The van der Waals surface area contributed by atoms with E-state index in [1.54, 1.807) is 0 Å². The molecule has 3 nitrogen and oxygen atoms in total. The van der Waals surface area contributed by atoms with Crippen LogP contribution in [0.15, 0.2) is 0 Å². The molecule has 2 rings (SSSR count). The molecular formula is C16H32N2O. The van der Waals surface area contributed by atoms with E-state index in [-0.39, 0.29) is 5.54 Å². The lowest BCUT2D eigenvalue weighted by Gasteiger charge is -2.49. The van der Waals surface area contributed by atoms with Crippen LogP contribution in [-0.4, -0.2) is 43.8 Å². The third-order valence-corrected chi connectivity index (χ3v) is 5.87. The van der Waals surface area contributed by atoms with Crippen LogP contribution in [0.2, 0.25) is 0 Å². The molecule has 0 radical (unpaired) electrons. The Morgan fingerprint density at radius 3 is 2.21 bits per heavy atom. The van der Waals surface area contributed by atoms with Crippen molar-refractivity contribution in [1.82, 2.24) is 4.90 Å². The van der Waals surface area contributed by atoms with E-state index in [9.17, 15) is 0 Å². The van der Waals surface area contributed by atoms with E-state index in [1.807, 2.05) is 0 Å². The van der Waals surface area contributed by atoms with Crippen LogP contribution in [0, 0.1) is 5.41 Å². The van der Waals surface area contributed by atoms with Gasteiger partial charge in [0.05, 0.1) is 6.61 Å². The van der Waals surface area contributed by atoms with E-state index in [1.165, 1.54) is 51.4 Å². The van der Waals surface area contributed by atoms with Crippen LogP contribution >= 0.6 is 0 Å². The van der Waals surface area contributed by atoms with E-state index >= 15 is 0 Å². The lowest BCUT2D eigenvalue weighted by atomic mass is 9.66. The maximum Gasteiger partial charge on any atom is 0.0593 e. The minimum Gasteiger partial charge on any atom is -0.380 e. The van der Waals surface area contributed by atoms with Gasteiger partial charge in [0.25, 0.3) is 0 Å². The third kappa shape index (κ3) is 3.32. The Bertz CT molecular complexity index is 264. The number of likely N-dealkylation sites (N-methyl/N-ethyl adjacent to an activating group) is 1. The van der Waals surface area contributed by atoms with E-state index < -0.39 is 0 Å². The Morgan fingerprint density at radius 2 is 1.68 bits per heavy atom. The SMILES string of the molecule is CCOCCN(C)C1(CN)CCC2(CCCC2)CC1. The highest BCUT2D eigenvalue weighted by atomic mass is 16.5. The summed E-state index contributed by atoms with van der Waals surface area (Å²) in [6, 6.07) is 0. The van der Waals surface area contributed by atoms with Gasteiger partial charge in [0.15, 0.2) is 0 Å². The van der Waals surface area contributed by atoms with E-state index in [4.69, 9.17) is 10.5 Å². The van der Waals surface area contributed by atoms with Crippen molar-refractivity contribution < 1.29 is 4.74 Å². The van der Waals surface area contributed by atoms with Crippen molar-refractivity contribution in [2.75, 3.05) is 33.4 Å². The first-order valence-corrected chi connectivity index (χ1v) is 8.15. The largest absolute Gasteiger partial charge is 0.380 e. The maximum absolute atomic E-state index is 6.15. The molecule has 0 saturated heterocycles. The van der Waals surface area contributed by atoms with E-state index in [2.05, 4.69) is 18.9 Å². The van der Waals surface area contributed by atoms with Gasteiger partial charge >= 0.3 is 0 Å². The molecule has 0 aromatic rings. The summed E-state index contributed by atoms with van der Waals surface area (Å²) in [6.45, 7) is 5.51. The molecule has 0 aromatic heterocycles. The van der Waals surface area contributed by atoms with Crippen molar-refractivity contribution in [1.29, 1.82) is 0 Å². The standard InChI is InChI=1S/C16H32N2O/c1-3-19-13-12-18(2)16(14-17)10-8-15(9-11-16)6-4-5-7-15/h3-14,17H2,1-2H3. The van der Waals surface area contributed by atoms with Gasteiger partial charge in [0.1, 0.15) is 0 Å². The van der Waals surface area contributed by atoms with Crippen LogP contribution < -0.4 is 5.73 Å². The fraction of sp³-hybridized carbons (Fsp3) is 1.00. The second kappa shape index (κ2) is 6.55. The number of nitrogens with two attached hydrogens (primary N) is 1. The number of hydrogen-bond donors (Lipinski definition) is 1. The third-order valence-electron chi connectivity index (χ3n) is 5.87. The van der Waals surface area contributed by atoms with Crippen LogP contribution in [0.4, 0.5) is 0 Å². The lowest BCUT2D eigenvalue weighted by Crippen LogP contribution is -2.56. The minimum atomic E-state index is 0.241. The Hall–Kier alpha value is -0.120. The van der Waals surface area contributed by atoms with Crippen molar-refractivity contribution in [2.24, 2.45) is 11.1 Å². The molecule has 0 aliphatic heterocycles. The predicted molar refractivity (Wildman–Crippen MR) is 80.3 cm³/mol. The molecule has 0 aromatic carbocycles. The summed E-state index contributed by atoms with van der Waals surface area (Å²) < 4.78 is 5.50. The summed E-state index contributed by atoms with van der Waals surface area (Å²) in [5, 5.41) is 0. The Morgan fingerprint density at radius 1 is 1.05 bits per heavy atom. The fourth-order valence-electron chi connectivity index (χ4n) is 4.20. The number of ether oxygens (including phenoxy) is 1. The van der Waals surface area contributed by atoms with Gasteiger partial charge in [-0.2, -0.15) is 0 Å². The second-order valence-electron chi connectivity index (χ2n) is 6.75. The highest BCUT2D eigenvalue weighted by Gasteiger charge is 2.44. The highest BCUT2D eigenvalue weighted by Crippen LogP contribution is 2.52. The summed E-state index contributed by atoms with van der Waals surface area (Å²) in [7, 11) is 2.23. The van der Waals surface area contributed by atoms with Gasteiger partial charge < -0.3 is 10.5 Å². The molecule has 0 heterocycles. The zero-order valence-electron chi connectivity index (χ0n) is 12.9. The molecule has 2 N–H and O–H groups in total. The highest BCUT2D eigenvalue weighted by molar-refractivity contribution is 5.00. The predicted octanol–water partition coefficient (Wildman–Crippen LogP) is 2.79. The van der Waals surface area contributed by atoms with Crippen LogP contribution in [0.3, 0.4) is 0 Å². The molecule has 0 amide bonds. The molecule has 3 heteroatoms. The average Bonchev–Trinajstić information content (AvgIpc) is 2.89. The molecule has 1 spiro atoms. The van der Waals surface area contributed by atoms with Gasteiger partial charge in [0, 0.05) is 25.2 Å². The topological polar surface area (TPSA) is 38.5 Å². The van der Waals surface area contributed by atoms with E-state index in [0.717, 1.165) is 26.3 Å². The van der Waals surface area contributed by atoms with Gasteiger partial charge in [-0.1, -0.05) is 12.8 Å². The van der Waals surface area contributed by atoms with Gasteiger partial charge in [-0.05, 0) is 57.9 Å². The molecular weight excluding hydrogens is 236 g/mol. The molecule has 2 aliphatic rings. The van der Waals surface area contributed by atoms with Gasteiger partial charge in [-0.3, -0.25) is 4.90 Å². The maximum atomic E-state index is 6.15. The molecule has 0 atom stereocenters. The number of nitrogens with zero attached hydrogens (tertiary/aromatic N) is 1. The van der Waals surface area contributed by atoms with Crippen molar-refractivity contribution >= 4 is 0 Å². The summed E-state index contributed by atoms with van der Waals surface area (Å²) in [6.07, 6.45) is 11.2. The second-order valence-corrected chi connectivity index (χ2v) is 6.75. The molecule has 0 unspecified atom stereocenters. The summed E-state index contributed by atoms with van der Waals surface area (Å²) in [4.78, 5) is 2.48. The first kappa shape index (κ1) is 15.3. The number of rotatable bonds is 6.